The van der Waals surface area contributed by atoms with Gasteiger partial charge >= 0.3 is 0 Å². The van der Waals surface area contributed by atoms with Gasteiger partial charge in [-0.3, -0.25) is 9.59 Å². The predicted octanol–water partition coefficient (Wildman–Crippen LogP) is 3.61. The molecule has 0 saturated heterocycles. The van der Waals surface area contributed by atoms with Crippen molar-refractivity contribution >= 4 is 45.0 Å². The molecule has 2 amide bonds. The van der Waals surface area contributed by atoms with Gasteiger partial charge < -0.3 is 5.11 Å². The molecule has 0 fully saturated rings. The van der Waals surface area contributed by atoms with Gasteiger partial charge in [-0.1, -0.05) is 27.5 Å². The van der Waals surface area contributed by atoms with Gasteiger partial charge in [0.15, 0.2) is 0 Å². The molecular formula is C14H7BrClNO3. The van der Waals surface area contributed by atoms with Crippen LogP contribution in [0.5, 0.6) is 5.75 Å². The average Bonchev–Trinajstić information content (AvgIpc) is 2.65. The normalized spacial score (nSPS) is 13.8. The Hall–Kier alpha value is -1.85. The molecule has 1 aliphatic rings. The van der Waals surface area contributed by atoms with Crippen molar-refractivity contribution in [3.05, 3.63) is 57.0 Å². The largest absolute Gasteiger partial charge is 0.506 e. The molecule has 0 unspecified atom stereocenters. The van der Waals surface area contributed by atoms with Crippen molar-refractivity contribution in [2.45, 2.75) is 0 Å². The zero-order valence-corrected chi connectivity index (χ0v) is 12.3. The maximum Gasteiger partial charge on any atom is 0.266 e. The number of imide groups is 1. The minimum Gasteiger partial charge on any atom is -0.506 e. The molecule has 0 atom stereocenters. The number of nitrogens with zero attached hydrogens (tertiary/aromatic N) is 1. The molecule has 0 bridgehead atoms. The summed E-state index contributed by atoms with van der Waals surface area (Å²) in [6.07, 6.45) is 0. The van der Waals surface area contributed by atoms with Crippen molar-refractivity contribution < 1.29 is 14.7 Å². The van der Waals surface area contributed by atoms with Gasteiger partial charge in [0.25, 0.3) is 11.8 Å². The Morgan fingerprint density at radius 1 is 1.00 bits per heavy atom. The van der Waals surface area contributed by atoms with E-state index in [9.17, 15) is 14.7 Å². The molecule has 1 heterocycles. The Bertz CT molecular complexity index is 760. The maximum atomic E-state index is 12.3. The topological polar surface area (TPSA) is 57.6 Å². The van der Waals surface area contributed by atoms with Crippen LogP contribution in [-0.2, 0) is 0 Å². The number of amides is 2. The van der Waals surface area contributed by atoms with E-state index in [1.54, 1.807) is 18.2 Å². The van der Waals surface area contributed by atoms with Crippen LogP contribution < -0.4 is 4.90 Å². The standard InChI is InChI=1S/C14H7BrClNO3/c15-7-1-3-9-10(5-7)14(20)17(13(9)19)8-2-4-12(18)11(16)6-8/h1-6,18H. The van der Waals surface area contributed by atoms with Crippen molar-refractivity contribution in [2.75, 3.05) is 4.90 Å². The van der Waals surface area contributed by atoms with Gasteiger partial charge in [-0.15, -0.1) is 0 Å². The van der Waals surface area contributed by atoms with Crippen LogP contribution in [0, 0.1) is 0 Å². The van der Waals surface area contributed by atoms with E-state index < -0.39 is 11.8 Å². The van der Waals surface area contributed by atoms with Crippen LogP contribution >= 0.6 is 27.5 Å². The number of phenolic OH excluding ortho intramolecular Hbond substituents is 1. The summed E-state index contributed by atoms with van der Waals surface area (Å²) >= 11 is 9.09. The van der Waals surface area contributed by atoms with Gasteiger partial charge in [-0.25, -0.2) is 4.90 Å². The molecule has 0 spiro atoms. The van der Waals surface area contributed by atoms with E-state index in [1.807, 2.05) is 0 Å². The summed E-state index contributed by atoms with van der Waals surface area (Å²) in [6, 6.07) is 9.11. The van der Waals surface area contributed by atoms with Gasteiger partial charge in [0.05, 0.1) is 21.8 Å². The van der Waals surface area contributed by atoms with E-state index in [4.69, 9.17) is 11.6 Å². The third-order valence-corrected chi connectivity index (χ3v) is 3.83. The molecule has 6 heteroatoms. The van der Waals surface area contributed by atoms with Crippen LogP contribution in [0.3, 0.4) is 0 Å². The Kier molecular flexibility index (Phi) is 3.03. The Balaban J connectivity index is 2.11. The molecule has 0 aliphatic carbocycles. The molecule has 2 aromatic carbocycles. The van der Waals surface area contributed by atoms with Gasteiger partial charge in [0, 0.05) is 4.47 Å². The molecule has 1 N–H and O–H groups in total. The molecule has 2 aromatic rings. The van der Waals surface area contributed by atoms with Crippen LogP contribution in [0.4, 0.5) is 5.69 Å². The second-order valence-electron chi connectivity index (χ2n) is 4.27. The lowest BCUT2D eigenvalue weighted by Crippen LogP contribution is -2.29. The van der Waals surface area contributed by atoms with Crippen molar-refractivity contribution in [3.8, 4) is 5.75 Å². The fraction of sp³-hybridized carbons (Fsp3) is 0. The summed E-state index contributed by atoms with van der Waals surface area (Å²) in [6.45, 7) is 0. The number of rotatable bonds is 1. The van der Waals surface area contributed by atoms with Crippen molar-refractivity contribution in [1.29, 1.82) is 0 Å². The first kappa shape index (κ1) is 13.1. The molecule has 1 aliphatic heterocycles. The van der Waals surface area contributed by atoms with E-state index in [1.165, 1.54) is 18.2 Å². The van der Waals surface area contributed by atoms with Crippen LogP contribution in [0.2, 0.25) is 5.02 Å². The quantitative estimate of drug-likeness (QED) is 0.798. The zero-order chi connectivity index (χ0) is 14.4. The number of carbonyl (C=O) groups is 2. The Morgan fingerprint density at radius 3 is 2.40 bits per heavy atom. The smallest absolute Gasteiger partial charge is 0.266 e. The molecular weight excluding hydrogens is 346 g/mol. The third-order valence-electron chi connectivity index (χ3n) is 3.04. The summed E-state index contributed by atoms with van der Waals surface area (Å²) in [7, 11) is 0. The second-order valence-corrected chi connectivity index (χ2v) is 5.59. The molecule has 20 heavy (non-hydrogen) atoms. The summed E-state index contributed by atoms with van der Waals surface area (Å²) in [5, 5.41) is 9.49. The molecule has 100 valence electrons. The second kappa shape index (κ2) is 4.61. The summed E-state index contributed by atoms with van der Waals surface area (Å²) in [4.78, 5) is 25.7. The van der Waals surface area contributed by atoms with Crippen molar-refractivity contribution in [2.24, 2.45) is 0 Å². The summed E-state index contributed by atoms with van der Waals surface area (Å²) in [5.74, 6) is -0.915. The third kappa shape index (κ3) is 1.90. The molecule has 0 saturated carbocycles. The van der Waals surface area contributed by atoms with Crippen LogP contribution in [0.1, 0.15) is 20.7 Å². The molecule has 0 aromatic heterocycles. The number of hydrogen-bond acceptors (Lipinski definition) is 3. The average molecular weight is 353 g/mol. The number of benzene rings is 2. The number of hydrogen-bond donors (Lipinski definition) is 1. The lowest BCUT2D eigenvalue weighted by molar-refractivity contribution is 0.0926. The monoisotopic (exact) mass is 351 g/mol. The molecule has 4 nitrogen and oxygen atoms in total. The maximum absolute atomic E-state index is 12.3. The van der Waals surface area contributed by atoms with E-state index in [0.29, 0.717) is 16.8 Å². The number of carbonyl (C=O) groups excluding carboxylic acids is 2. The predicted molar refractivity (Wildman–Crippen MR) is 78.4 cm³/mol. The minimum atomic E-state index is -0.409. The van der Waals surface area contributed by atoms with E-state index in [-0.39, 0.29) is 10.8 Å². The van der Waals surface area contributed by atoms with Crippen molar-refractivity contribution in [1.82, 2.24) is 0 Å². The van der Waals surface area contributed by atoms with Gasteiger partial charge in [0.2, 0.25) is 0 Å². The zero-order valence-electron chi connectivity index (χ0n) is 9.93. The Labute approximate surface area is 127 Å². The lowest BCUT2D eigenvalue weighted by Gasteiger charge is -2.14. The Morgan fingerprint density at radius 2 is 1.70 bits per heavy atom. The van der Waals surface area contributed by atoms with E-state index in [2.05, 4.69) is 15.9 Å². The van der Waals surface area contributed by atoms with Crippen molar-refractivity contribution in [3.63, 3.8) is 0 Å². The van der Waals surface area contributed by atoms with Gasteiger partial charge in [0.1, 0.15) is 5.75 Å². The van der Waals surface area contributed by atoms with E-state index >= 15 is 0 Å². The number of aromatic hydroxyl groups is 1. The van der Waals surface area contributed by atoms with Gasteiger partial charge in [-0.05, 0) is 36.4 Å². The minimum absolute atomic E-state index is 0.0836. The lowest BCUT2D eigenvalue weighted by atomic mass is 10.1. The number of phenols is 1. The molecule has 0 radical (unpaired) electrons. The highest BCUT2D eigenvalue weighted by molar-refractivity contribution is 9.10. The first-order valence-electron chi connectivity index (χ1n) is 5.66. The fourth-order valence-corrected chi connectivity index (χ4v) is 2.62. The van der Waals surface area contributed by atoms with Gasteiger partial charge in [-0.2, -0.15) is 0 Å². The summed E-state index contributed by atoms with van der Waals surface area (Å²) < 4.78 is 0.725. The highest BCUT2D eigenvalue weighted by Crippen LogP contribution is 2.34. The van der Waals surface area contributed by atoms with Crippen LogP contribution in [-0.4, -0.2) is 16.9 Å². The van der Waals surface area contributed by atoms with Crippen LogP contribution in [0.25, 0.3) is 0 Å². The first-order valence-corrected chi connectivity index (χ1v) is 6.83. The number of anilines is 1. The number of halogens is 2. The van der Waals surface area contributed by atoms with Crippen LogP contribution in [0.15, 0.2) is 40.9 Å². The molecule has 3 rings (SSSR count). The van der Waals surface area contributed by atoms with E-state index in [0.717, 1.165) is 9.37 Å². The summed E-state index contributed by atoms with van der Waals surface area (Å²) in [5.41, 5.74) is 1.02. The first-order chi connectivity index (χ1) is 9.49. The SMILES string of the molecule is O=C1c2ccc(Br)cc2C(=O)N1c1ccc(O)c(Cl)c1. The number of fused-ring (bicyclic) bond motifs is 1. The fourth-order valence-electron chi connectivity index (χ4n) is 2.08. The highest BCUT2D eigenvalue weighted by atomic mass is 79.9. The highest BCUT2D eigenvalue weighted by Gasteiger charge is 2.36.